The molecule has 1 rings (SSSR count). The van der Waals surface area contributed by atoms with Gasteiger partial charge >= 0.3 is 0 Å². The van der Waals surface area contributed by atoms with Crippen LogP contribution in [0.3, 0.4) is 0 Å². The number of aromatic hydroxyl groups is 2. The van der Waals surface area contributed by atoms with Gasteiger partial charge < -0.3 is 10.2 Å². The van der Waals surface area contributed by atoms with E-state index in [0.29, 0.717) is 4.90 Å². The van der Waals surface area contributed by atoms with Crippen molar-refractivity contribution >= 4 is 12.6 Å². The van der Waals surface area contributed by atoms with E-state index in [4.69, 9.17) is 5.11 Å². The number of hydrogen-bond acceptors (Lipinski definition) is 3. The van der Waals surface area contributed by atoms with Crippen LogP contribution in [0.25, 0.3) is 0 Å². The van der Waals surface area contributed by atoms with Crippen LogP contribution in [0.2, 0.25) is 0 Å². The fourth-order valence-corrected chi connectivity index (χ4v) is 1.48. The Bertz CT molecular complexity index is 297. The summed E-state index contributed by atoms with van der Waals surface area (Å²) in [6, 6.07) is 3.30. The molecule has 1 aromatic carbocycles. The quantitative estimate of drug-likeness (QED) is 0.516. The molecule has 0 saturated carbocycles. The van der Waals surface area contributed by atoms with E-state index in [0.717, 1.165) is 24.8 Å². The van der Waals surface area contributed by atoms with Crippen molar-refractivity contribution < 1.29 is 10.2 Å². The molecule has 0 amide bonds. The average Bonchev–Trinajstić information content (AvgIpc) is 2.13. The maximum atomic E-state index is 9.36. The Morgan fingerprint density at radius 3 is 2.62 bits per heavy atom. The van der Waals surface area contributed by atoms with Crippen LogP contribution in [0.1, 0.15) is 25.3 Å². The first kappa shape index (κ1) is 10.3. The molecule has 0 fully saturated rings. The Balaban J connectivity index is 2.90. The van der Waals surface area contributed by atoms with Gasteiger partial charge in [-0.2, -0.15) is 0 Å². The van der Waals surface area contributed by atoms with Crippen LogP contribution in [-0.2, 0) is 6.42 Å². The van der Waals surface area contributed by atoms with Crippen molar-refractivity contribution in [3.8, 4) is 11.5 Å². The van der Waals surface area contributed by atoms with Gasteiger partial charge in [0, 0.05) is 0 Å². The van der Waals surface area contributed by atoms with Gasteiger partial charge in [0.05, 0.1) is 4.90 Å². The molecular formula is C10H14O2S. The minimum absolute atomic E-state index is 0.106. The van der Waals surface area contributed by atoms with Gasteiger partial charge in [-0.3, -0.25) is 0 Å². The van der Waals surface area contributed by atoms with Crippen LogP contribution in [0.5, 0.6) is 11.5 Å². The molecule has 0 aliphatic carbocycles. The number of hydrogen-bond donors (Lipinski definition) is 3. The van der Waals surface area contributed by atoms with Gasteiger partial charge in [-0.15, -0.1) is 12.6 Å². The molecule has 0 aliphatic heterocycles. The summed E-state index contributed by atoms with van der Waals surface area (Å²) in [4.78, 5) is 0.494. The first-order valence-electron chi connectivity index (χ1n) is 4.39. The van der Waals surface area contributed by atoms with Gasteiger partial charge in [0.2, 0.25) is 0 Å². The SMILES string of the molecule is CCCCc1ccc(O)c(O)c1S. The summed E-state index contributed by atoms with van der Waals surface area (Å²) in [5.41, 5.74) is 0.987. The van der Waals surface area contributed by atoms with Crippen LogP contribution >= 0.6 is 12.6 Å². The molecule has 0 aliphatic rings. The van der Waals surface area contributed by atoms with Gasteiger partial charge in [-0.05, 0) is 24.5 Å². The van der Waals surface area contributed by atoms with E-state index in [1.54, 1.807) is 6.07 Å². The van der Waals surface area contributed by atoms with Gasteiger partial charge in [-0.25, -0.2) is 0 Å². The minimum atomic E-state index is -0.114. The van der Waals surface area contributed by atoms with E-state index in [1.165, 1.54) is 6.07 Å². The maximum Gasteiger partial charge on any atom is 0.171 e. The minimum Gasteiger partial charge on any atom is -0.504 e. The van der Waals surface area contributed by atoms with Crippen molar-refractivity contribution in [2.24, 2.45) is 0 Å². The molecule has 0 saturated heterocycles. The maximum absolute atomic E-state index is 9.36. The van der Waals surface area contributed by atoms with Crippen molar-refractivity contribution in [1.82, 2.24) is 0 Å². The fraction of sp³-hybridized carbons (Fsp3) is 0.400. The monoisotopic (exact) mass is 198 g/mol. The molecule has 2 nitrogen and oxygen atoms in total. The highest BCUT2D eigenvalue weighted by Crippen LogP contribution is 2.34. The van der Waals surface area contributed by atoms with Crippen molar-refractivity contribution in [3.05, 3.63) is 17.7 Å². The van der Waals surface area contributed by atoms with Crippen molar-refractivity contribution in [3.63, 3.8) is 0 Å². The second-order valence-corrected chi connectivity index (χ2v) is 3.49. The van der Waals surface area contributed by atoms with Crippen LogP contribution in [-0.4, -0.2) is 10.2 Å². The summed E-state index contributed by atoms with van der Waals surface area (Å²) in [5.74, 6) is -0.220. The van der Waals surface area contributed by atoms with E-state index in [-0.39, 0.29) is 11.5 Å². The standard InChI is InChI=1S/C10H14O2S/c1-2-3-4-7-5-6-8(11)9(12)10(7)13/h5-6,11-13H,2-4H2,1H3. The molecule has 0 atom stereocenters. The predicted octanol–water partition coefficient (Wildman–Crippen LogP) is 2.73. The van der Waals surface area contributed by atoms with Gasteiger partial charge in [-0.1, -0.05) is 19.4 Å². The molecule has 0 aromatic heterocycles. The highest BCUT2D eigenvalue weighted by molar-refractivity contribution is 7.80. The number of phenols is 2. The van der Waals surface area contributed by atoms with Crippen molar-refractivity contribution in [2.75, 3.05) is 0 Å². The van der Waals surface area contributed by atoms with E-state index >= 15 is 0 Å². The molecular weight excluding hydrogens is 184 g/mol. The van der Waals surface area contributed by atoms with Crippen LogP contribution in [0, 0.1) is 0 Å². The smallest absolute Gasteiger partial charge is 0.171 e. The molecule has 3 heteroatoms. The largest absolute Gasteiger partial charge is 0.504 e. The van der Waals surface area contributed by atoms with Gasteiger partial charge in [0.25, 0.3) is 0 Å². The molecule has 0 radical (unpaired) electrons. The summed E-state index contributed by atoms with van der Waals surface area (Å²) in [7, 11) is 0. The average molecular weight is 198 g/mol. The molecule has 1 aromatic rings. The summed E-state index contributed by atoms with van der Waals surface area (Å²) in [6.45, 7) is 2.11. The van der Waals surface area contributed by atoms with Gasteiger partial charge in [0.1, 0.15) is 0 Å². The number of rotatable bonds is 3. The van der Waals surface area contributed by atoms with Crippen LogP contribution in [0.15, 0.2) is 17.0 Å². The lowest BCUT2D eigenvalue weighted by Gasteiger charge is -2.07. The lowest BCUT2D eigenvalue weighted by Crippen LogP contribution is -1.87. The van der Waals surface area contributed by atoms with E-state index in [9.17, 15) is 5.11 Å². The number of aryl methyl sites for hydroxylation is 1. The normalized spacial score (nSPS) is 10.3. The van der Waals surface area contributed by atoms with E-state index in [2.05, 4.69) is 19.6 Å². The predicted molar refractivity (Wildman–Crippen MR) is 55.6 cm³/mol. The first-order chi connectivity index (χ1) is 6.16. The van der Waals surface area contributed by atoms with Gasteiger partial charge in [0.15, 0.2) is 11.5 Å². The third-order valence-electron chi connectivity index (χ3n) is 2.01. The number of phenolic OH excluding ortho intramolecular Hbond substituents is 2. The Morgan fingerprint density at radius 2 is 2.00 bits per heavy atom. The second kappa shape index (κ2) is 4.42. The third kappa shape index (κ3) is 2.31. The molecule has 0 bridgehead atoms. The molecule has 2 N–H and O–H groups in total. The summed E-state index contributed by atoms with van der Waals surface area (Å²) in [6.07, 6.45) is 3.07. The number of unbranched alkanes of at least 4 members (excludes halogenated alkanes) is 1. The zero-order valence-corrected chi connectivity index (χ0v) is 8.51. The summed E-state index contributed by atoms with van der Waals surface area (Å²) >= 11 is 4.14. The molecule has 0 unspecified atom stereocenters. The lowest BCUT2D eigenvalue weighted by atomic mass is 10.1. The zero-order chi connectivity index (χ0) is 9.84. The summed E-state index contributed by atoms with van der Waals surface area (Å²) < 4.78 is 0. The summed E-state index contributed by atoms with van der Waals surface area (Å²) in [5, 5.41) is 18.5. The Hall–Kier alpha value is -0.830. The van der Waals surface area contributed by atoms with E-state index < -0.39 is 0 Å². The molecule has 0 heterocycles. The van der Waals surface area contributed by atoms with E-state index in [1.807, 2.05) is 0 Å². The highest BCUT2D eigenvalue weighted by atomic mass is 32.1. The fourth-order valence-electron chi connectivity index (χ4n) is 1.18. The van der Waals surface area contributed by atoms with Crippen molar-refractivity contribution in [1.29, 1.82) is 0 Å². The Kier molecular flexibility index (Phi) is 3.48. The third-order valence-corrected chi connectivity index (χ3v) is 2.51. The molecule has 0 spiro atoms. The highest BCUT2D eigenvalue weighted by Gasteiger charge is 2.07. The van der Waals surface area contributed by atoms with Crippen LogP contribution < -0.4 is 0 Å². The molecule has 72 valence electrons. The second-order valence-electron chi connectivity index (χ2n) is 3.04. The number of thiol groups is 1. The van der Waals surface area contributed by atoms with Crippen LogP contribution in [0.4, 0.5) is 0 Å². The topological polar surface area (TPSA) is 40.5 Å². The number of benzene rings is 1. The Morgan fingerprint density at radius 1 is 1.31 bits per heavy atom. The van der Waals surface area contributed by atoms with Crippen molar-refractivity contribution in [2.45, 2.75) is 31.1 Å². The molecule has 13 heavy (non-hydrogen) atoms. The Labute approximate surface area is 83.6 Å². The first-order valence-corrected chi connectivity index (χ1v) is 4.84. The lowest BCUT2D eigenvalue weighted by molar-refractivity contribution is 0.394. The zero-order valence-electron chi connectivity index (χ0n) is 7.62.